The Morgan fingerprint density at radius 3 is 2.75 bits per heavy atom. The number of nitrogens with one attached hydrogen (secondary N) is 1. The summed E-state index contributed by atoms with van der Waals surface area (Å²) < 4.78 is 0. The lowest BCUT2D eigenvalue weighted by molar-refractivity contribution is 0.580. The molecule has 16 heavy (non-hydrogen) atoms. The Hall–Kier alpha value is -1.69. The molecule has 1 aliphatic rings. The summed E-state index contributed by atoms with van der Waals surface area (Å²) in [7, 11) is 0. The Morgan fingerprint density at radius 1 is 1.38 bits per heavy atom. The lowest BCUT2D eigenvalue weighted by atomic mass is 10.1. The summed E-state index contributed by atoms with van der Waals surface area (Å²) in [6.45, 7) is 1.02. The zero-order valence-corrected chi connectivity index (χ0v) is 9.37. The van der Waals surface area contributed by atoms with Crippen LogP contribution in [0.2, 0.25) is 0 Å². The van der Waals surface area contributed by atoms with Crippen molar-refractivity contribution >= 4 is 11.4 Å². The number of hydrogen-bond donors (Lipinski definition) is 2. The Balaban J connectivity index is 1.94. The lowest BCUT2D eigenvalue weighted by Gasteiger charge is -2.12. The van der Waals surface area contributed by atoms with Gasteiger partial charge >= 0.3 is 0 Å². The first-order valence-corrected chi connectivity index (χ1v) is 5.83. The average molecular weight is 215 g/mol. The second kappa shape index (κ2) is 4.89. The molecule has 1 aliphatic carbocycles. The maximum Gasteiger partial charge on any atom is 0.101 e. The molecule has 2 rings (SSSR count). The van der Waals surface area contributed by atoms with Crippen molar-refractivity contribution in [1.29, 1.82) is 5.26 Å². The molecule has 84 valence electrons. The molecule has 0 spiro atoms. The standard InChI is InChI=1S/C13H17N3/c14-8-11-5-6-12(7-13(11)15)16-9-10-3-1-2-4-10/h5-7,10,16H,1-4,9,15H2. The number of anilines is 2. The molecule has 0 aromatic heterocycles. The SMILES string of the molecule is N#Cc1ccc(NCC2CCCC2)cc1N. The van der Waals surface area contributed by atoms with Crippen LogP contribution >= 0.6 is 0 Å². The van der Waals surface area contributed by atoms with Crippen LogP contribution < -0.4 is 11.1 Å². The van der Waals surface area contributed by atoms with Gasteiger partial charge in [-0.25, -0.2) is 0 Å². The van der Waals surface area contributed by atoms with Gasteiger partial charge in [-0.05, 0) is 37.0 Å². The van der Waals surface area contributed by atoms with Crippen LogP contribution in [0.5, 0.6) is 0 Å². The predicted octanol–water partition coefficient (Wildman–Crippen LogP) is 2.74. The van der Waals surface area contributed by atoms with E-state index in [1.165, 1.54) is 25.7 Å². The van der Waals surface area contributed by atoms with Crippen LogP contribution in [0, 0.1) is 17.2 Å². The monoisotopic (exact) mass is 215 g/mol. The normalized spacial score (nSPS) is 15.9. The van der Waals surface area contributed by atoms with Crippen molar-refractivity contribution in [3.8, 4) is 6.07 Å². The Bertz CT molecular complexity index is 400. The second-order valence-electron chi connectivity index (χ2n) is 4.45. The maximum atomic E-state index is 8.76. The molecule has 0 saturated heterocycles. The van der Waals surface area contributed by atoms with Gasteiger partial charge in [0, 0.05) is 12.2 Å². The van der Waals surface area contributed by atoms with Gasteiger partial charge in [-0.3, -0.25) is 0 Å². The zero-order chi connectivity index (χ0) is 11.4. The number of benzene rings is 1. The largest absolute Gasteiger partial charge is 0.398 e. The number of nitrogens with two attached hydrogens (primary N) is 1. The van der Waals surface area contributed by atoms with Crippen LogP contribution in [-0.4, -0.2) is 6.54 Å². The topological polar surface area (TPSA) is 61.8 Å². The number of nitrogens with zero attached hydrogens (tertiary/aromatic N) is 1. The minimum absolute atomic E-state index is 0.548. The fourth-order valence-electron chi connectivity index (χ4n) is 2.25. The van der Waals surface area contributed by atoms with Crippen LogP contribution in [0.25, 0.3) is 0 Å². The second-order valence-corrected chi connectivity index (χ2v) is 4.45. The van der Waals surface area contributed by atoms with Gasteiger partial charge in [0.15, 0.2) is 0 Å². The van der Waals surface area contributed by atoms with Gasteiger partial charge in [-0.2, -0.15) is 5.26 Å². The van der Waals surface area contributed by atoms with E-state index in [9.17, 15) is 0 Å². The summed E-state index contributed by atoms with van der Waals surface area (Å²) in [4.78, 5) is 0. The van der Waals surface area contributed by atoms with E-state index in [2.05, 4.69) is 11.4 Å². The van der Waals surface area contributed by atoms with E-state index in [1.54, 1.807) is 6.07 Å². The maximum absolute atomic E-state index is 8.76. The van der Waals surface area contributed by atoms with Crippen molar-refractivity contribution < 1.29 is 0 Å². The molecular weight excluding hydrogens is 198 g/mol. The summed E-state index contributed by atoms with van der Waals surface area (Å²) in [6, 6.07) is 7.60. The van der Waals surface area contributed by atoms with Crippen molar-refractivity contribution in [2.75, 3.05) is 17.6 Å². The van der Waals surface area contributed by atoms with E-state index >= 15 is 0 Å². The Kier molecular flexibility index (Phi) is 3.31. The van der Waals surface area contributed by atoms with E-state index in [1.807, 2.05) is 12.1 Å². The quantitative estimate of drug-likeness (QED) is 0.762. The van der Waals surface area contributed by atoms with E-state index in [0.717, 1.165) is 18.2 Å². The van der Waals surface area contributed by atoms with Gasteiger partial charge in [0.2, 0.25) is 0 Å². The number of nitrogen functional groups attached to an aromatic ring is 1. The lowest BCUT2D eigenvalue weighted by Crippen LogP contribution is -2.11. The third kappa shape index (κ3) is 2.46. The van der Waals surface area contributed by atoms with Gasteiger partial charge in [-0.15, -0.1) is 0 Å². The van der Waals surface area contributed by atoms with Crippen LogP contribution in [0.1, 0.15) is 31.2 Å². The van der Waals surface area contributed by atoms with E-state index in [0.29, 0.717) is 11.3 Å². The molecule has 0 aliphatic heterocycles. The van der Waals surface area contributed by atoms with Gasteiger partial charge in [-0.1, -0.05) is 12.8 Å². The molecular formula is C13H17N3. The first-order valence-electron chi connectivity index (χ1n) is 5.83. The zero-order valence-electron chi connectivity index (χ0n) is 9.37. The molecule has 0 unspecified atom stereocenters. The molecule has 0 bridgehead atoms. The highest BCUT2D eigenvalue weighted by atomic mass is 14.9. The molecule has 0 atom stereocenters. The highest BCUT2D eigenvalue weighted by Crippen LogP contribution is 2.25. The first-order chi connectivity index (χ1) is 7.79. The third-order valence-electron chi connectivity index (χ3n) is 3.24. The first kappa shape index (κ1) is 10.8. The van der Waals surface area contributed by atoms with E-state index in [4.69, 9.17) is 11.0 Å². The fraction of sp³-hybridized carbons (Fsp3) is 0.462. The number of nitriles is 1. The molecule has 3 nitrogen and oxygen atoms in total. The summed E-state index contributed by atoms with van der Waals surface area (Å²) >= 11 is 0. The molecule has 1 saturated carbocycles. The highest BCUT2D eigenvalue weighted by Gasteiger charge is 2.14. The Labute approximate surface area is 96.3 Å². The molecule has 1 aromatic carbocycles. The molecule has 3 N–H and O–H groups in total. The van der Waals surface area contributed by atoms with Crippen LogP contribution in [0.4, 0.5) is 11.4 Å². The number of rotatable bonds is 3. The van der Waals surface area contributed by atoms with Gasteiger partial charge in [0.05, 0.1) is 11.3 Å². The molecule has 0 radical (unpaired) electrons. The van der Waals surface area contributed by atoms with Gasteiger partial charge in [0.25, 0.3) is 0 Å². The van der Waals surface area contributed by atoms with Crippen LogP contribution in [-0.2, 0) is 0 Å². The van der Waals surface area contributed by atoms with Gasteiger partial charge < -0.3 is 11.1 Å². The van der Waals surface area contributed by atoms with Crippen LogP contribution in [0.15, 0.2) is 18.2 Å². The van der Waals surface area contributed by atoms with Crippen molar-refractivity contribution in [1.82, 2.24) is 0 Å². The summed E-state index contributed by atoms with van der Waals surface area (Å²) in [5.74, 6) is 0.803. The minimum Gasteiger partial charge on any atom is -0.398 e. The van der Waals surface area contributed by atoms with Crippen LogP contribution in [0.3, 0.4) is 0 Å². The number of hydrogen-bond acceptors (Lipinski definition) is 3. The molecule has 3 heteroatoms. The van der Waals surface area contributed by atoms with Crippen molar-refractivity contribution in [3.63, 3.8) is 0 Å². The fourth-order valence-corrected chi connectivity index (χ4v) is 2.25. The summed E-state index contributed by atoms with van der Waals surface area (Å²) in [6.07, 6.45) is 5.39. The summed E-state index contributed by atoms with van der Waals surface area (Å²) in [5.41, 5.74) is 7.87. The molecule has 0 heterocycles. The van der Waals surface area contributed by atoms with Crippen molar-refractivity contribution in [3.05, 3.63) is 23.8 Å². The predicted molar refractivity (Wildman–Crippen MR) is 66.0 cm³/mol. The summed E-state index contributed by atoms with van der Waals surface area (Å²) in [5, 5.41) is 12.2. The highest BCUT2D eigenvalue weighted by molar-refractivity contribution is 5.62. The molecule has 1 fully saturated rings. The van der Waals surface area contributed by atoms with E-state index in [-0.39, 0.29) is 0 Å². The minimum atomic E-state index is 0.548. The van der Waals surface area contributed by atoms with E-state index < -0.39 is 0 Å². The molecule has 1 aromatic rings. The van der Waals surface area contributed by atoms with Crippen molar-refractivity contribution in [2.45, 2.75) is 25.7 Å². The smallest absolute Gasteiger partial charge is 0.101 e. The Morgan fingerprint density at radius 2 is 2.12 bits per heavy atom. The average Bonchev–Trinajstić information content (AvgIpc) is 2.79. The van der Waals surface area contributed by atoms with Crippen molar-refractivity contribution in [2.24, 2.45) is 5.92 Å². The molecule has 0 amide bonds. The van der Waals surface area contributed by atoms with Gasteiger partial charge in [0.1, 0.15) is 6.07 Å². The third-order valence-corrected chi connectivity index (χ3v) is 3.24.